The third-order valence-corrected chi connectivity index (χ3v) is 6.67. The number of ether oxygens (including phenoxy) is 1. The number of anilines is 1. The Morgan fingerprint density at radius 3 is 2.29 bits per heavy atom. The van der Waals surface area contributed by atoms with Gasteiger partial charge in [-0.1, -0.05) is 30.3 Å². The molecule has 0 fully saturated rings. The number of carbonyl (C=O) groups excluding carboxylic acids is 1. The summed E-state index contributed by atoms with van der Waals surface area (Å²) in [4.78, 5) is 12.8. The van der Waals surface area contributed by atoms with Crippen LogP contribution in [0.15, 0.2) is 77.7 Å². The average molecular weight is 439 g/mol. The lowest BCUT2D eigenvalue weighted by Gasteiger charge is -2.22. The first-order valence-electron chi connectivity index (χ1n) is 9.97. The van der Waals surface area contributed by atoms with Crippen molar-refractivity contribution in [2.45, 2.75) is 25.3 Å². The maximum Gasteiger partial charge on any atom is 0.264 e. The summed E-state index contributed by atoms with van der Waals surface area (Å²) in [5.41, 5.74) is 2.64. The molecule has 0 saturated heterocycles. The molecule has 0 aliphatic rings. The number of nitrogens with zero attached hydrogens (tertiary/aromatic N) is 1. The van der Waals surface area contributed by atoms with Crippen LogP contribution in [0.1, 0.15) is 28.4 Å². The summed E-state index contributed by atoms with van der Waals surface area (Å²) < 4.78 is 32.4. The van der Waals surface area contributed by atoms with Gasteiger partial charge in [0.1, 0.15) is 5.75 Å². The molecule has 1 amide bonds. The number of hydrogen-bond donors (Lipinski definition) is 1. The number of carbonyl (C=O) groups is 1. The molecule has 0 unspecified atom stereocenters. The Morgan fingerprint density at radius 1 is 1.00 bits per heavy atom. The maximum absolute atomic E-state index is 12.9. The topological polar surface area (TPSA) is 75.7 Å². The zero-order valence-corrected chi connectivity index (χ0v) is 18.6. The molecule has 3 rings (SSSR count). The first kappa shape index (κ1) is 22.4. The molecular weight excluding hydrogens is 412 g/mol. The van der Waals surface area contributed by atoms with Crippen molar-refractivity contribution >= 4 is 21.6 Å². The van der Waals surface area contributed by atoms with Crippen LogP contribution < -0.4 is 14.4 Å². The molecule has 162 valence electrons. The predicted octanol–water partition coefficient (Wildman–Crippen LogP) is 4.15. The van der Waals surface area contributed by atoms with E-state index in [1.807, 2.05) is 31.2 Å². The van der Waals surface area contributed by atoms with E-state index in [0.29, 0.717) is 30.0 Å². The number of rotatable bonds is 8. The lowest BCUT2D eigenvalue weighted by Crippen LogP contribution is -2.27. The Balaban J connectivity index is 1.70. The highest BCUT2D eigenvalue weighted by atomic mass is 32.2. The van der Waals surface area contributed by atoms with Gasteiger partial charge in [-0.05, 0) is 67.4 Å². The predicted molar refractivity (Wildman–Crippen MR) is 122 cm³/mol. The summed E-state index contributed by atoms with van der Waals surface area (Å²) >= 11 is 0. The van der Waals surface area contributed by atoms with Crippen LogP contribution in [0.2, 0.25) is 0 Å². The maximum atomic E-state index is 12.9. The number of aryl methyl sites for hydroxylation is 1. The lowest BCUT2D eigenvalue weighted by atomic mass is 10.1. The van der Waals surface area contributed by atoms with Gasteiger partial charge in [-0.3, -0.25) is 9.10 Å². The Morgan fingerprint density at radius 2 is 1.68 bits per heavy atom. The van der Waals surface area contributed by atoms with Gasteiger partial charge in [0.05, 0.1) is 17.2 Å². The summed E-state index contributed by atoms with van der Waals surface area (Å²) in [6.45, 7) is 4.70. The van der Waals surface area contributed by atoms with E-state index in [1.54, 1.807) is 55.5 Å². The molecule has 0 spiro atoms. The van der Waals surface area contributed by atoms with E-state index in [2.05, 4.69) is 5.32 Å². The standard InChI is InChI=1S/C24H26N2O4S/c1-4-30-21-13-10-19(11-14-21)17-25-24(27)20-12-15-23(18(2)16-20)26(3)31(28,29)22-8-6-5-7-9-22/h5-16H,4,17H2,1-3H3,(H,25,27). The molecule has 0 bridgehead atoms. The molecule has 3 aromatic rings. The minimum atomic E-state index is -3.68. The van der Waals surface area contributed by atoms with Crippen LogP contribution in [-0.4, -0.2) is 28.0 Å². The van der Waals surface area contributed by atoms with E-state index in [1.165, 1.54) is 11.4 Å². The van der Waals surface area contributed by atoms with E-state index in [4.69, 9.17) is 4.74 Å². The third-order valence-electron chi connectivity index (χ3n) is 4.89. The second-order valence-electron chi connectivity index (χ2n) is 7.05. The van der Waals surface area contributed by atoms with Gasteiger partial charge in [-0.25, -0.2) is 8.42 Å². The molecule has 0 atom stereocenters. The van der Waals surface area contributed by atoms with E-state index in [0.717, 1.165) is 11.3 Å². The molecule has 7 heteroatoms. The van der Waals surface area contributed by atoms with E-state index in [9.17, 15) is 13.2 Å². The number of sulfonamides is 1. The fourth-order valence-electron chi connectivity index (χ4n) is 3.18. The monoisotopic (exact) mass is 438 g/mol. The van der Waals surface area contributed by atoms with Crippen molar-refractivity contribution in [3.8, 4) is 5.75 Å². The molecule has 6 nitrogen and oxygen atoms in total. The average Bonchev–Trinajstić information content (AvgIpc) is 2.78. The molecule has 0 heterocycles. The fraction of sp³-hybridized carbons (Fsp3) is 0.208. The highest BCUT2D eigenvalue weighted by Gasteiger charge is 2.22. The lowest BCUT2D eigenvalue weighted by molar-refractivity contribution is 0.0951. The summed E-state index contributed by atoms with van der Waals surface area (Å²) in [5.74, 6) is 0.565. The number of benzene rings is 3. The fourth-order valence-corrected chi connectivity index (χ4v) is 4.47. The van der Waals surface area contributed by atoms with Crippen molar-refractivity contribution in [2.75, 3.05) is 18.0 Å². The van der Waals surface area contributed by atoms with Crippen LogP contribution in [0, 0.1) is 6.92 Å². The first-order valence-corrected chi connectivity index (χ1v) is 11.4. The quantitative estimate of drug-likeness (QED) is 0.573. The van der Waals surface area contributed by atoms with E-state index < -0.39 is 10.0 Å². The molecule has 0 aliphatic heterocycles. The van der Waals surface area contributed by atoms with Crippen molar-refractivity contribution in [1.29, 1.82) is 0 Å². The highest BCUT2D eigenvalue weighted by Crippen LogP contribution is 2.26. The third kappa shape index (κ3) is 5.24. The number of hydrogen-bond acceptors (Lipinski definition) is 4. The molecule has 0 aliphatic carbocycles. The van der Waals surface area contributed by atoms with Crippen molar-refractivity contribution < 1.29 is 17.9 Å². The SMILES string of the molecule is CCOc1ccc(CNC(=O)c2ccc(N(C)S(=O)(=O)c3ccccc3)c(C)c2)cc1. The van der Waals surface area contributed by atoms with Crippen molar-refractivity contribution in [3.63, 3.8) is 0 Å². The minimum Gasteiger partial charge on any atom is -0.494 e. The van der Waals surface area contributed by atoms with Gasteiger partial charge in [-0.15, -0.1) is 0 Å². The zero-order valence-electron chi connectivity index (χ0n) is 17.8. The Labute approximate surface area is 183 Å². The molecule has 0 aromatic heterocycles. The Hall–Kier alpha value is -3.32. The minimum absolute atomic E-state index is 0.217. The van der Waals surface area contributed by atoms with Gasteiger partial charge in [0.25, 0.3) is 15.9 Å². The number of nitrogens with one attached hydrogen (secondary N) is 1. The van der Waals surface area contributed by atoms with Gasteiger partial charge in [-0.2, -0.15) is 0 Å². The van der Waals surface area contributed by atoms with Crippen molar-refractivity contribution in [2.24, 2.45) is 0 Å². The van der Waals surface area contributed by atoms with Crippen LogP contribution in [0.4, 0.5) is 5.69 Å². The van der Waals surface area contributed by atoms with Crippen LogP contribution in [0.25, 0.3) is 0 Å². The summed E-state index contributed by atoms with van der Waals surface area (Å²) in [7, 11) is -2.17. The van der Waals surface area contributed by atoms with Crippen LogP contribution in [0.3, 0.4) is 0 Å². The zero-order chi connectivity index (χ0) is 22.4. The van der Waals surface area contributed by atoms with Gasteiger partial charge in [0, 0.05) is 19.2 Å². The van der Waals surface area contributed by atoms with Crippen molar-refractivity contribution in [1.82, 2.24) is 5.32 Å². The Bertz CT molecular complexity index is 1140. The second kappa shape index (κ2) is 9.66. The van der Waals surface area contributed by atoms with Crippen LogP contribution >= 0.6 is 0 Å². The smallest absolute Gasteiger partial charge is 0.264 e. The van der Waals surface area contributed by atoms with Crippen LogP contribution in [-0.2, 0) is 16.6 Å². The molecular formula is C24H26N2O4S. The number of amides is 1. The second-order valence-corrected chi connectivity index (χ2v) is 9.02. The van der Waals surface area contributed by atoms with Gasteiger partial charge in [0.2, 0.25) is 0 Å². The highest BCUT2D eigenvalue weighted by molar-refractivity contribution is 7.92. The summed E-state index contributed by atoms with van der Waals surface area (Å²) in [6, 6.07) is 20.8. The van der Waals surface area contributed by atoms with Crippen LogP contribution in [0.5, 0.6) is 5.75 Å². The van der Waals surface area contributed by atoms with Gasteiger partial charge < -0.3 is 10.1 Å². The molecule has 0 radical (unpaired) electrons. The van der Waals surface area contributed by atoms with Gasteiger partial charge in [0.15, 0.2) is 0 Å². The Kier molecular flexibility index (Phi) is 6.97. The molecule has 31 heavy (non-hydrogen) atoms. The van der Waals surface area contributed by atoms with E-state index >= 15 is 0 Å². The molecule has 3 aromatic carbocycles. The summed E-state index contributed by atoms with van der Waals surface area (Å²) in [6.07, 6.45) is 0. The largest absolute Gasteiger partial charge is 0.494 e. The van der Waals surface area contributed by atoms with E-state index in [-0.39, 0.29) is 10.8 Å². The normalized spacial score (nSPS) is 11.1. The molecule has 0 saturated carbocycles. The summed E-state index contributed by atoms with van der Waals surface area (Å²) in [5, 5.41) is 2.89. The van der Waals surface area contributed by atoms with Gasteiger partial charge >= 0.3 is 0 Å². The first-order chi connectivity index (χ1) is 14.8. The molecule has 1 N–H and O–H groups in total. The van der Waals surface area contributed by atoms with Crippen molar-refractivity contribution in [3.05, 3.63) is 89.5 Å².